The second-order valence-corrected chi connectivity index (χ2v) is 8.40. The summed E-state index contributed by atoms with van der Waals surface area (Å²) in [6.07, 6.45) is 11.2. The molecule has 8 heteroatoms. The molecule has 8 nitrogen and oxygen atoms in total. The summed E-state index contributed by atoms with van der Waals surface area (Å²) in [5.41, 5.74) is 0. The third kappa shape index (κ3) is 4.52. The summed E-state index contributed by atoms with van der Waals surface area (Å²) in [6.45, 7) is 5.54. The van der Waals surface area contributed by atoms with Gasteiger partial charge in [-0.05, 0) is 41.8 Å². The Kier molecular flexibility index (Phi) is 6.59. The Labute approximate surface area is 172 Å². The van der Waals surface area contributed by atoms with Gasteiger partial charge in [0, 0.05) is 6.42 Å². The van der Waals surface area contributed by atoms with Crippen molar-refractivity contribution in [3.05, 3.63) is 30.0 Å². The van der Waals surface area contributed by atoms with Crippen molar-refractivity contribution in [1.82, 2.24) is 25.1 Å². The van der Waals surface area contributed by atoms with Crippen molar-refractivity contribution in [3.8, 4) is 0 Å². The average molecular weight is 402 g/mol. The molecule has 0 unspecified atom stereocenters. The van der Waals surface area contributed by atoms with Crippen molar-refractivity contribution < 1.29 is 14.1 Å². The van der Waals surface area contributed by atoms with E-state index in [1.807, 2.05) is 4.90 Å². The average Bonchev–Trinajstić information content (AvgIpc) is 3.47. The molecular formula is C21H33N6O2+. The number of tetrazole rings is 1. The van der Waals surface area contributed by atoms with E-state index < -0.39 is 0 Å². The SMILES string of the molecule is CCCC[C@H](c1nnnn1C1CCCCC1)[NH+]1CCN(C(=O)c2ccco2)CC1. The van der Waals surface area contributed by atoms with E-state index in [0.29, 0.717) is 17.8 Å². The minimum atomic E-state index is -0.00815. The lowest BCUT2D eigenvalue weighted by Gasteiger charge is -2.36. The number of aromatic nitrogens is 4. The smallest absolute Gasteiger partial charge is 0.289 e. The predicted molar refractivity (Wildman–Crippen MR) is 108 cm³/mol. The van der Waals surface area contributed by atoms with Crippen LogP contribution < -0.4 is 4.90 Å². The minimum Gasteiger partial charge on any atom is -0.459 e. The van der Waals surface area contributed by atoms with Gasteiger partial charge >= 0.3 is 0 Å². The molecule has 4 rings (SSSR count). The highest BCUT2D eigenvalue weighted by atomic mass is 16.3. The van der Waals surface area contributed by atoms with Crippen LogP contribution in [0.15, 0.2) is 22.8 Å². The number of unbranched alkanes of at least 4 members (excludes halogenated alkanes) is 1. The van der Waals surface area contributed by atoms with E-state index in [0.717, 1.165) is 44.8 Å². The fourth-order valence-electron chi connectivity index (χ4n) is 4.84. The summed E-state index contributed by atoms with van der Waals surface area (Å²) in [5.74, 6) is 1.47. The molecule has 1 N–H and O–H groups in total. The summed E-state index contributed by atoms with van der Waals surface area (Å²) in [5, 5.41) is 13.0. The number of furan rings is 1. The summed E-state index contributed by atoms with van der Waals surface area (Å²) in [6, 6.07) is 4.25. The number of nitrogens with zero attached hydrogens (tertiary/aromatic N) is 5. The molecule has 1 amide bonds. The number of carbonyl (C=O) groups excluding carboxylic acids is 1. The standard InChI is InChI=1S/C21H32N6O2/c1-2-3-10-18(20-22-23-24-27(20)17-8-5-4-6-9-17)25-12-14-26(15-13-25)21(28)19-11-7-16-29-19/h7,11,16-18H,2-6,8-10,12-15H2,1H3/p+1/t18-/m1/s1. The van der Waals surface area contributed by atoms with Crippen LogP contribution in [0.25, 0.3) is 0 Å². The van der Waals surface area contributed by atoms with Crippen LogP contribution in [0, 0.1) is 0 Å². The van der Waals surface area contributed by atoms with E-state index in [4.69, 9.17) is 4.42 Å². The van der Waals surface area contributed by atoms with Crippen LogP contribution in [0.2, 0.25) is 0 Å². The van der Waals surface area contributed by atoms with Crippen molar-refractivity contribution in [2.45, 2.75) is 70.4 Å². The first kappa shape index (κ1) is 20.1. The molecule has 1 atom stereocenters. The molecule has 2 aromatic heterocycles. The lowest BCUT2D eigenvalue weighted by atomic mass is 9.95. The van der Waals surface area contributed by atoms with Gasteiger partial charge in [-0.2, -0.15) is 0 Å². The number of rotatable bonds is 7. The third-order valence-electron chi connectivity index (χ3n) is 6.51. The summed E-state index contributed by atoms with van der Waals surface area (Å²) < 4.78 is 7.42. The number of hydrogen-bond acceptors (Lipinski definition) is 5. The van der Waals surface area contributed by atoms with Gasteiger partial charge in [-0.3, -0.25) is 4.79 Å². The Hall–Kier alpha value is -2.22. The third-order valence-corrected chi connectivity index (χ3v) is 6.51. The van der Waals surface area contributed by atoms with Crippen molar-refractivity contribution in [2.24, 2.45) is 0 Å². The highest BCUT2D eigenvalue weighted by Gasteiger charge is 2.35. The van der Waals surface area contributed by atoms with Crippen LogP contribution in [-0.4, -0.2) is 57.2 Å². The zero-order valence-electron chi connectivity index (χ0n) is 17.4. The normalized spacial score (nSPS) is 20.1. The van der Waals surface area contributed by atoms with Crippen molar-refractivity contribution in [1.29, 1.82) is 0 Å². The molecule has 2 aromatic rings. The van der Waals surface area contributed by atoms with Gasteiger partial charge in [0.15, 0.2) is 5.76 Å². The topological polar surface area (TPSA) is 81.5 Å². The van der Waals surface area contributed by atoms with Gasteiger partial charge in [0.25, 0.3) is 5.91 Å². The lowest BCUT2D eigenvalue weighted by Crippen LogP contribution is -3.15. The molecule has 2 fully saturated rings. The monoisotopic (exact) mass is 401 g/mol. The summed E-state index contributed by atoms with van der Waals surface area (Å²) in [7, 11) is 0. The van der Waals surface area contributed by atoms with Crippen LogP contribution >= 0.6 is 0 Å². The number of quaternary nitrogens is 1. The zero-order chi connectivity index (χ0) is 20.1. The molecule has 1 aliphatic carbocycles. The molecular weight excluding hydrogens is 368 g/mol. The zero-order valence-corrected chi connectivity index (χ0v) is 17.4. The van der Waals surface area contributed by atoms with E-state index in [2.05, 4.69) is 27.1 Å². The van der Waals surface area contributed by atoms with Crippen molar-refractivity contribution >= 4 is 5.91 Å². The molecule has 1 saturated carbocycles. The highest BCUT2D eigenvalue weighted by Crippen LogP contribution is 2.29. The molecule has 0 bridgehead atoms. The van der Waals surface area contributed by atoms with Crippen molar-refractivity contribution in [2.75, 3.05) is 26.2 Å². The molecule has 1 saturated heterocycles. The Bertz CT molecular complexity index is 760. The molecule has 0 aromatic carbocycles. The number of hydrogen-bond donors (Lipinski definition) is 1. The fourth-order valence-corrected chi connectivity index (χ4v) is 4.84. The number of carbonyl (C=O) groups is 1. The molecule has 0 spiro atoms. The van der Waals surface area contributed by atoms with Gasteiger partial charge in [-0.15, -0.1) is 5.10 Å². The predicted octanol–water partition coefficient (Wildman–Crippen LogP) is 2.04. The summed E-state index contributed by atoms with van der Waals surface area (Å²) >= 11 is 0. The Morgan fingerprint density at radius 3 is 2.76 bits per heavy atom. The van der Waals surface area contributed by atoms with E-state index in [1.165, 1.54) is 43.4 Å². The van der Waals surface area contributed by atoms with Gasteiger partial charge in [0.1, 0.15) is 6.04 Å². The molecule has 1 aliphatic heterocycles. The molecule has 158 valence electrons. The van der Waals surface area contributed by atoms with Crippen LogP contribution in [0.1, 0.15) is 86.8 Å². The molecule has 2 aliphatic rings. The molecule has 29 heavy (non-hydrogen) atoms. The van der Waals surface area contributed by atoms with Gasteiger partial charge in [-0.1, -0.05) is 32.6 Å². The Morgan fingerprint density at radius 1 is 1.28 bits per heavy atom. The first-order valence-electron chi connectivity index (χ1n) is 11.2. The first-order valence-corrected chi connectivity index (χ1v) is 11.2. The van der Waals surface area contributed by atoms with E-state index in [9.17, 15) is 4.79 Å². The minimum absolute atomic E-state index is 0.00815. The fraction of sp³-hybridized carbons (Fsp3) is 0.714. The van der Waals surface area contributed by atoms with Gasteiger partial charge in [-0.25, -0.2) is 4.68 Å². The second kappa shape index (κ2) is 9.52. The highest BCUT2D eigenvalue weighted by molar-refractivity contribution is 5.91. The Balaban J connectivity index is 1.46. The number of amides is 1. The molecule has 3 heterocycles. The van der Waals surface area contributed by atoms with Crippen LogP contribution in [0.4, 0.5) is 0 Å². The van der Waals surface area contributed by atoms with Gasteiger partial charge in [0.05, 0.1) is 38.5 Å². The first-order chi connectivity index (χ1) is 14.3. The molecule has 0 radical (unpaired) electrons. The number of nitrogens with one attached hydrogen (secondary N) is 1. The number of piperazine rings is 1. The van der Waals surface area contributed by atoms with Gasteiger partial charge in [0.2, 0.25) is 5.82 Å². The van der Waals surface area contributed by atoms with E-state index in [-0.39, 0.29) is 5.91 Å². The van der Waals surface area contributed by atoms with Crippen LogP contribution in [0.5, 0.6) is 0 Å². The lowest BCUT2D eigenvalue weighted by molar-refractivity contribution is -0.936. The maximum atomic E-state index is 12.6. The largest absolute Gasteiger partial charge is 0.459 e. The van der Waals surface area contributed by atoms with Crippen molar-refractivity contribution in [3.63, 3.8) is 0 Å². The van der Waals surface area contributed by atoms with Crippen LogP contribution in [0.3, 0.4) is 0 Å². The maximum Gasteiger partial charge on any atom is 0.289 e. The van der Waals surface area contributed by atoms with E-state index >= 15 is 0 Å². The van der Waals surface area contributed by atoms with Gasteiger partial charge < -0.3 is 14.2 Å². The Morgan fingerprint density at radius 2 is 2.07 bits per heavy atom. The summed E-state index contributed by atoms with van der Waals surface area (Å²) in [4.78, 5) is 16.0. The second-order valence-electron chi connectivity index (χ2n) is 8.40. The van der Waals surface area contributed by atoms with Crippen LogP contribution in [-0.2, 0) is 0 Å². The maximum absolute atomic E-state index is 12.6. The van der Waals surface area contributed by atoms with E-state index in [1.54, 1.807) is 18.4 Å². The quantitative estimate of drug-likeness (QED) is 0.768.